The zero-order valence-corrected chi connectivity index (χ0v) is 11.2. The van der Waals surface area contributed by atoms with E-state index >= 15 is 0 Å². The Hall–Kier alpha value is -2.25. The summed E-state index contributed by atoms with van der Waals surface area (Å²) in [6, 6.07) is 12.0. The number of benzene rings is 1. The van der Waals surface area contributed by atoms with Gasteiger partial charge in [-0.15, -0.1) is 0 Å². The zero-order chi connectivity index (χ0) is 13.7. The van der Waals surface area contributed by atoms with Crippen LogP contribution < -0.4 is 10.1 Å². The quantitative estimate of drug-likeness (QED) is 0.891. The molecule has 4 nitrogen and oxygen atoms in total. The van der Waals surface area contributed by atoms with Crippen LogP contribution in [0.25, 0.3) is 0 Å². The molecule has 1 aromatic heterocycles. The van der Waals surface area contributed by atoms with Crippen molar-refractivity contribution in [2.24, 2.45) is 7.05 Å². The van der Waals surface area contributed by atoms with Gasteiger partial charge in [0.2, 0.25) is 0 Å². The Labute approximate surface area is 113 Å². The smallest absolute Gasteiger partial charge is 0.120 e. The van der Waals surface area contributed by atoms with Crippen molar-refractivity contribution in [1.82, 2.24) is 9.88 Å². The molecule has 0 unspecified atom stereocenters. The Balaban J connectivity index is 1.90. The van der Waals surface area contributed by atoms with Crippen LogP contribution in [0, 0.1) is 11.3 Å². The number of nitrogens with one attached hydrogen (secondary N) is 1. The van der Waals surface area contributed by atoms with Gasteiger partial charge in [0.1, 0.15) is 17.5 Å². The number of nitriles is 1. The lowest BCUT2D eigenvalue weighted by molar-refractivity contribution is 0.414. The van der Waals surface area contributed by atoms with Gasteiger partial charge in [0, 0.05) is 26.3 Å². The Morgan fingerprint density at radius 1 is 1.26 bits per heavy atom. The van der Waals surface area contributed by atoms with Crippen molar-refractivity contribution in [3.63, 3.8) is 0 Å². The molecule has 2 aromatic rings. The number of methoxy groups -OCH3 is 1. The van der Waals surface area contributed by atoms with Crippen LogP contribution in [0.5, 0.6) is 5.75 Å². The lowest BCUT2D eigenvalue weighted by atomic mass is 10.2. The van der Waals surface area contributed by atoms with Gasteiger partial charge in [-0.2, -0.15) is 5.26 Å². The van der Waals surface area contributed by atoms with Crippen LogP contribution in [0.2, 0.25) is 0 Å². The van der Waals surface area contributed by atoms with E-state index in [1.54, 1.807) is 7.11 Å². The molecule has 0 saturated carbocycles. The van der Waals surface area contributed by atoms with Crippen molar-refractivity contribution in [2.45, 2.75) is 13.1 Å². The van der Waals surface area contributed by atoms with Gasteiger partial charge in [-0.3, -0.25) is 0 Å². The van der Waals surface area contributed by atoms with Crippen LogP contribution >= 0.6 is 0 Å². The summed E-state index contributed by atoms with van der Waals surface area (Å²) in [5.41, 5.74) is 2.97. The van der Waals surface area contributed by atoms with Gasteiger partial charge in [0.05, 0.1) is 7.11 Å². The molecule has 0 aliphatic heterocycles. The molecular weight excluding hydrogens is 238 g/mol. The molecular formula is C15H17N3O. The van der Waals surface area contributed by atoms with Crippen molar-refractivity contribution < 1.29 is 4.74 Å². The second kappa shape index (κ2) is 6.07. The highest BCUT2D eigenvalue weighted by molar-refractivity contribution is 5.29. The standard InChI is InChI=1S/C15H17N3O/c1-18-11-13(6-14(18)8-16)10-17-9-12-4-3-5-15(7-12)19-2/h3-7,11,17H,9-10H2,1-2H3. The van der Waals surface area contributed by atoms with E-state index in [-0.39, 0.29) is 0 Å². The third-order valence-electron chi connectivity index (χ3n) is 2.97. The number of ether oxygens (including phenoxy) is 1. The predicted octanol–water partition coefficient (Wildman–Crippen LogP) is 2.20. The third kappa shape index (κ3) is 3.36. The molecule has 0 atom stereocenters. The summed E-state index contributed by atoms with van der Waals surface area (Å²) in [7, 11) is 3.55. The molecule has 0 radical (unpaired) electrons. The SMILES string of the molecule is COc1cccc(CNCc2cc(C#N)n(C)c2)c1. The van der Waals surface area contributed by atoms with Crippen molar-refractivity contribution >= 4 is 0 Å². The number of rotatable bonds is 5. The minimum Gasteiger partial charge on any atom is -0.497 e. The molecule has 2 rings (SSSR count). The van der Waals surface area contributed by atoms with Gasteiger partial charge < -0.3 is 14.6 Å². The fourth-order valence-electron chi connectivity index (χ4n) is 1.97. The highest BCUT2D eigenvalue weighted by atomic mass is 16.5. The maximum Gasteiger partial charge on any atom is 0.120 e. The second-order valence-electron chi connectivity index (χ2n) is 4.41. The molecule has 0 aliphatic carbocycles. The normalized spacial score (nSPS) is 10.2. The highest BCUT2D eigenvalue weighted by Crippen LogP contribution is 2.12. The second-order valence-corrected chi connectivity index (χ2v) is 4.41. The van der Waals surface area contributed by atoms with Crippen LogP contribution in [0.1, 0.15) is 16.8 Å². The van der Waals surface area contributed by atoms with Crippen molar-refractivity contribution in [1.29, 1.82) is 5.26 Å². The van der Waals surface area contributed by atoms with E-state index in [9.17, 15) is 0 Å². The van der Waals surface area contributed by atoms with E-state index in [2.05, 4.69) is 17.5 Å². The van der Waals surface area contributed by atoms with E-state index in [1.807, 2.05) is 42.1 Å². The van der Waals surface area contributed by atoms with Crippen molar-refractivity contribution in [3.05, 3.63) is 53.3 Å². The molecule has 1 N–H and O–H groups in total. The van der Waals surface area contributed by atoms with Gasteiger partial charge in [0.25, 0.3) is 0 Å². The molecule has 98 valence electrons. The number of aromatic nitrogens is 1. The summed E-state index contributed by atoms with van der Waals surface area (Å²) >= 11 is 0. The molecule has 19 heavy (non-hydrogen) atoms. The largest absolute Gasteiger partial charge is 0.497 e. The monoisotopic (exact) mass is 255 g/mol. The molecule has 0 saturated heterocycles. The molecule has 0 aliphatic rings. The van der Waals surface area contributed by atoms with E-state index in [1.165, 1.54) is 5.56 Å². The number of aryl methyl sites for hydroxylation is 1. The van der Waals surface area contributed by atoms with Gasteiger partial charge in [0.15, 0.2) is 0 Å². The van der Waals surface area contributed by atoms with Crippen molar-refractivity contribution in [3.8, 4) is 11.8 Å². The Bertz CT molecular complexity index is 596. The molecule has 0 amide bonds. The van der Waals surface area contributed by atoms with Crippen LogP contribution in [0.4, 0.5) is 0 Å². The Morgan fingerprint density at radius 2 is 2.05 bits per heavy atom. The minimum atomic E-state index is 0.679. The third-order valence-corrected chi connectivity index (χ3v) is 2.97. The first-order valence-corrected chi connectivity index (χ1v) is 6.12. The number of hydrogen-bond donors (Lipinski definition) is 1. The summed E-state index contributed by atoms with van der Waals surface area (Å²) < 4.78 is 7.02. The maximum atomic E-state index is 8.89. The average Bonchev–Trinajstić information content (AvgIpc) is 2.79. The average molecular weight is 255 g/mol. The van der Waals surface area contributed by atoms with Crippen LogP contribution in [-0.2, 0) is 20.1 Å². The van der Waals surface area contributed by atoms with E-state index in [4.69, 9.17) is 10.00 Å². The lowest BCUT2D eigenvalue weighted by Crippen LogP contribution is -2.12. The van der Waals surface area contributed by atoms with Crippen LogP contribution in [0.15, 0.2) is 36.5 Å². The fourth-order valence-corrected chi connectivity index (χ4v) is 1.97. The van der Waals surface area contributed by atoms with Gasteiger partial charge >= 0.3 is 0 Å². The molecule has 0 spiro atoms. The molecule has 1 aromatic carbocycles. The number of nitrogens with zero attached hydrogens (tertiary/aromatic N) is 2. The zero-order valence-electron chi connectivity index (χ0n) is 11.2. The number of hydrogen-bond acceptors (Lipinski definition) is 3. The molecule has 1 heterocycles. The lowest BCUT2D eigenvalue weighted by Gasteiger charge is -2.05. The van der Waals surface area contributed by atoms with E-state index < -0.39 is 0 Å². The van der Waals surface area contributed by atoms with Gasteiger partial charge in [-0.05, 0) is 29.3 Å². The van der Waals surface area contributed by atoms with Crippen LogP contribution in [-0.4, -0.2) is 11.7 Å². The summed E-state index contributed by atoms with van der Waals surface area (Å²) in [6.45, 7) is 1.51. The molecule has 0 bridgehead atoms. The first kappa shape index (κ1) is 13.2. The highest BCUT2D eigenvalue weighted by Gasteiger charge is 2.02. The minimum absolute atomic E-state index is 0.679. The maximum absolute atomic E-state index is 8.89. The summed E-state index contributed by atoms with van der Waals surface area (Å²) in [6.07, 6.45) is 1.97. The first-order chi connectivity index (χ1) is 9.22. The van der Waals surface area contributed by atoms with Crippen molar-refractivity contribution in [2.75, 3.05) is 7.11 Å². The van der Waals surface area contributed by atoms with E-state index in [0.717, 1.165) is 24.4 Å². The van der Waals surface area contributed by atoms with Crippen LogP contribution in [0.3, 0.4) is 0 Å². The Morgan fingerprint density at radius 3 is 2.74 bits per heavy atom. The van der Waals surface area contributed by atoms with Gasteiger partial charge in [-0.25, -0.2) is 0 Å². The predicted molar refractivity (Wildman–Crippen MR) is 73.7 cm³/mol. The summed E-state index contributed by atoms with van der Waals surface area (Å²) in [5, 5.41) is 12.2. The van der Waals surface area contributed by atoms with E-state index in [0.29, 0.717) is 5.69 Å². The molecule has 0 fully saturated rings. The topological polar surface area (TPSA) is 50.0 Å². The summed E-state index contributed by atoms with van der Waals surface area (Å²) in [5.74, 6) is 0.866. The Kier molecular flexibility index (Phi) is 4.22. The first-order valence-electron chi connectivity index (χ1n) is 6.12. The summed E-state index contributed by atoms with van der Waals surface area (Å²) in [4.78, 5) is 0. The molecule has 4 heteroatoms. The fraction of sp³-hybridized carbons (Fsp3) is 0.267. The van der Waals surface area contributed by atoms with Gasteiger partial charge in [-0.1, -0.05) is 12.1 Å².